The summed E-state index contributed by atoms with van der Waals surface area (Å²) in [4.78, 5) is 11.2. The molecule has 0 aliphatic heterocycles. The van der Waals surface area contributed by atoms with Crippen molar-refractivity contribution in [1.29, 1.82) is 0 Å². The van der Waals surface area contributed by atoms with E-state index in [9.17, 15) is 9.90 Å². The van der Waals surface area contributed by atoms with Crippen LogP contribution >= 0.6 is 0 Å². The van der Waals surface area contributed by atoms with Crippen molar-refractivity contribution < 1.29 is 19.4 Å². The van der Waals surface area contributed by atoms with Crippen LogP contribution in [0.4, 0.5) is 0 Å². The topological polar surface area (TPSA) is 55.8 Å². The minimum Gasteiger partial charge on any atom is -0.493 e. The first-order valence-corrected chi connectivity index (χ1v) is 11.2. The Labute approximate surface area is 194 Å². The minimum atomic E-state index is -0.629. The van der Waals surface area contributed by atoms with Crippen LogP contribution in [0.25, 0.3) is 32.7 Å². The third kappa shape index (κ3) is 4.91. The average Bonchev–Trinajstić information content (AvgIpc) is 2.85. The molecule has 168 valence electrons. The highest BCUT2D eigenvalue weighted by molar-refractivity contribution is 6.08. The van der Waals surface area contributed by atoms with Crippen molar-refractivity contribution in [3.05, 3.63) is 91.0 Å². The van der Waals surface area contributed by atoms with Gasteiger partial charge >= 0.3 is 5.97 Å². The Bertz CT molecular complexity index is 1290. The number of aliphatic hydroxyl groups excluding tert-OH is 1. The molecular weight excluding hydrogens is 412 g/mol. The fraction of sp³-hybridized carbons (Fsp3) is 0.207. The molecule has 33 heavy (non-hydrogen) atoms. The average molecular weight is 441 g/mol. The number of ether oxygens (including phenoxy) is 2. The van der Waals surface area contributed by atoms with Crippen LogP contribution in [-0.4, -0.2) is 24.3 Å². The van der Waals surface area contributed by atoms with Crippen molar-refractivity contribution in [2.75, 3.05) is 13.2 Å². The molecule has 0 amide bonds. The zero-order valence-corrected chi connectivity index (χ0v) is 18.8. The van der Waals surface area contributed by atoms with Gasteiger partial charge in [-0.1, -0.05) is 73.3 Å². The van der Waals surface area contributed by atoms with Gasteiger partial charge in [-0.3, -0.25) is 0 Å². The van der Waals surface area contributed by atoms with Gasteiger partial charge in [0, 0.05) is 11.6 Å². The number of carbonyl (C=O) groups excluding carboxylic acids is 1. The molecule has 4 nitrogen and oxygen atoms in total. The molecule has 0 heterocycles. The zero-order chi connectivity index (χ0) is 23.2. The molecule has 0 fully saturated rings. The minimum absolute atomic E-state index is 0.342. The van der Waals surface area contributed by atoms with E-state index in [1.165, 1.54) is 6.08 Å². The molecule has 0 bridgehead atoms. The lowest BCUT2D eigenvalue weighted by Crippen LogP contribution is -2.05. The largest absolute Gasteiger partial charge is 0.493 e. The van der Waals surface area contributed by atoms with Gasteiger partial charge in [-0.25, -0.2) is 4.79 Å². The third-order valence-electron chi connectivity index (χ3n) is 5.76. The van der Waals surface area contributed by atoms with Crippen molar-refractivity contribution in [1.82, 2.24) is 0 Å². The van der Waals surface area contributed by atoms with Gasteiger partial charge in [-0.15, -0.1) is 0 Å². The molecule has 1 N–H and O–H groups in total. The fourth-order valence-corrected chi connectivity index (χ4v) is 4.16. The molecule has 1 atom stereocenters. The van der Waals surface area contributed by atoms with E-state index in [4.69, 9.17) is 9.47 Å². The van der Waals surface area contributed by atoms with E-state index in [0.717, 1.165) is 50.4 Å². The first-order valence-electron chi connectivity index (χ1n) is 11.2. The number of benzene rings is 4. The molecule has 0 aliphatic carbocycles. The molecule has 0 spiro atoms. The lowest BCUT2D eigenvalue weighted by Gasteiger charge is -2.20. The standard InChI is InChI=1S/C29H28O4/c1-3-27(31)33-19-9-8-18-32-26-17-15-22-11-5-7-13-25(22)29(26)28-23(20(2)30)16-14-21-10-4-6-12-24(21)28/h3-7,10-17,20,30H,1,8-9,18-19H2,2H3. The molecule has 4 rings (SSSR count). The Morgan fingerprint density at radius 3 is 2.15 bits per heavy atom. The van der Waals surface area contributed by atoms with E-state index in [0.29, 0.717) is 19.6 Å². The number of hydrogen-bond donors (Lipinski definition) is 1. The first kappa shape index (κ1) is 22.6. The van der Waals surface area contributed by atoms with Crippen LogP contribution in [0.2, 0.25) is 0 Å². The van der Waals surface area contributed by atoms with E-state index in [-0.39, 0.29) is 0 Å². The van der Waals surface area contributed by atoms with E-state index in [1.54, 1.807) is 6.92 Å². The lowest BCUT2D eigenvalue weighted by molar-refractivity contribution is -0.137. The summed E-state index contributed by atoms with van der Waals surface area (Å²) in [5.74, 6) is 0.365. The number of hydrogen-bond acceptors (Lipinski definition) is 4. The Balaban J connectivity index is 1.75. The molecule has 0 saturated carbocycles. The predicted molar refractivity (Wildman–Crippen MR) is 133 cm³/mol. The van der Waals surface area contributed by atoms with Crippen molar-refractivity contribution in [2.45, 2.75) is 25.9 Å². The second kappa shape index (κ2) is 10.3. The molecule has 4 heteroatoms. The number of carbonyl (C=O) groups is 1. The molecule has 0 saturated heterocycles. The Morgan fingerprint density at radius 1 is 0.879 bits per heavy atom. The summed E-state index contributed by atoms with van der Waals surface area (Å²) >= 11 is 0. The molecule has 4 aromatic rings. The second-order valence-corrected chi connectivity index (χ2v) is 8.01. The number of aliphatic hydroxyl groups is 1. The number of rotatable bonds is 9. The summed E-state index contributed by atoms with van der Waals surface area (Å²) in [7, 11) is 0. The van der Waals surface area contributed by atoms with Crippen LogP contribution in [0.15, 0.2) is 85.5 Å². The van der Waals surface area contributed by atoms with Crippen LogP contribution < -0.4 is 4.74 Å². The van der Waals surface area contributed by atoms with Crippen LogP contribution in [0.1, 0.15) is 31.4 Å². The maximum absolute atomic E-state index is 11.2. The highest BCUT2D eigenvalue weighted by Crippen LogP contribution is 2.44. The molecule has 0 aromatic heterocycles. The van der Waals surface area contributed by atoms with Gasteiger partial charge in [-0.2, -0.15) is 0 Å². The maximum atomic E-state index is 11.2. The van der Waals surface area contributed by atoms with Gasteiger partial charge in [0.1, 0.15) is 5.75 Å². The monoisotopic (exact) mass is 440 g/mol. The molecule has 0 radical (unpaired) electrons. The van der Waals surface area contributed by atoms with Crippen molar-refractivity contribution in [2.24, 2.45) is 0 Å². The van der Waals surface area contributed by atoms with Crippen molar-refractivity contribution in [3.63, 3.8) is 0 Å². The summed E-state index contributed by atoms with van der Waals surface area (Å²) < 4.78 is 11.3. The van der Waals surface area contributed by atoms with E-state index >= 15 is 0 Å². The number of esters is 1. The smallest absolute Gasteiger partial charge is 0.330 e. The van der Waals surface area contributed by atoms with Crippen LogP contribution in [0.5, 0.6) is 5.75 Å². The summed E-state index contributed by atoms with van der Waals surface area (Å²) in [6.45, 7) is 6.03. The normalized spacial score (nSPS) is 11.9. The van der Waals surface area contributed by atoms with E-state index in [2.05, 4.69) is 43.0 Å². The highest BCUT2D eigenvalue weighted by Gasteiger charge is 2.19. The highest BCUT2D eigenvalue weighted by atomic mass is 16.5. The third-order valence-corrected chi connectivity index (χ3v) is 5.76. The summed E-state index contributed by atoms with van der Waals surface area (Å²) in [6, 6.07) is 24.6. The van der Waals surface area contributed by atoms with Crippen molar-refractivity contribution >= 4 is 27.5 Å². The summed E-state index contributed by atoms with van der Waals surface area (Å²) in [5, 5.41) is 15.0. The van der Waals surface area contributed by atoms with E-state index < -0.39 is 12.1 Å². The Morgan fingerprint density at radius 2 is 1.48 bits per heavy atom. The van der Waals surface area contributed by atoms with E-state index in [1.807, 2.05) is 36.4 Å². The van der Waals surface area contributed by atoms with Crippen LogP contribution in [-0.2, 0) is 9.53 Å². The van der Waals surface area contributed by atoms with Gasteiger partial charge in [0.15, 0.2) is 0 Å². The molecule has 4 aromatic carbocycles. The Hall–Kier alpha value is -3.63. The van der Waals surface area contributed by atoms with Gasteiger partial charge in [-0.05, 0) is 58.5 Å². The van der Waals surface area contributed by atoms with Gasteiger partial charge < -0.3 is 14.6 Å². The lowest BCUT2D eigenvalue weighted by atomic mass is 9.88. The van der Waals surface area contributed by atoms with Gasteiger partial charge in [0.25, 0.3) is 0 Å². The molecule has 1 unspecified atom stereocenters. The number of unbranched alkanes of at least 4 members (excludes halogenated alkanes) is 1. The van der Waals surface area contributed by atoms with Gasteiger partial charge in [0.05, 0.1) is 19.3 Å². The second-order valence-electron chi connectivity index (χ2n) is 8.01. The van der Waals surface area contributed by atoms with Crippen LogP contribution in [0, 0.1) is 0 Å². The maximum Gasteiger partial charge on any atom is 0.330 e. The summed E-state index contributed by atoms with van der Waals surface area (Å²) in [5.41, 5.74) is 2.85. The molecule has 0 aliphatic rings. The van der Waals surface area contributed by atoms with Crippen molar-refractivity contribution in [3.8, 4) is 16.9 Å². The fourth-order valence-electron chi connectivity index (χ4n) is 4.16. The summed E-state index contributed by atoms with van der Waals surface area (Å²) in [6.07, 6.45) is 1.99. The zero-order valence-electron chi connectivity index (χ0n) is 18.8. The predicted octanol–water partition coefficient (Wildman–Crippen LogP) is 6.60. The number of fused-ring (bicyclic) bond motifs is 2. The van der Waals surface area contributed by atoms with Crippen LogP contribution in [0.3, 0.4) is 0 Å². The molecular formula is C29H28O4. The quantitative estimate of drug-likeness (QED) is 0.181. The Kier molecular flexibility index (Phi) is 7.06. The SMILES string of the molecule is C=CC(=O)OCCCCOc1ccc2ccccc2c1-c1c(C(C)O)ccc2ccccc12. The first-order chi connectivity index (χ1) is 16.1. The van der Waals surface area contributed by atoms with Gasteiger partial charge in [0.2, 0.25) is 0 Å².